The number of furan rings is 1. The molecule has 0 bridgehead atoms. The predicted molar refractivity (Wildman–Crippen MR) is 86.7 cm³/mol. The molecule has 1 aromatic heterocycles. The average molecular weight is 297 g/mol. The van der Waals surface area contributed by atoms with Gasteiger partial charge >= 0.3 is 0 Å². The number of rotatable bonds is 7. The number of hydrogen-bond donors (Lipinski definition) is 1. The van der Waals surface area contributed by atoms with Gasteiger partial charge < -0.3 is 9.73 Å². The van der Waals surface area contributed by atoms with Crippen molar-refractivity contribution >= 4 is 5.91 Å². The lowest BCUT2D eigenvalue weighted by atomic mass is 10.1. The number of carbonyl (C=O) groups excluding carboxylic acids is 1. The van der Waals surface area contributed by atoms with Gasteiger partial charge in [-0.05, 0) is 36.5 Å². The quantitative estimate of drug-likeness (QED) is 0.847. The van der Waals surface area contributed by atoms with Crippen LogP contribution in [0.15, 0.2) is 46.9 Å². The number of amides is 1. The smallest absolute Gasteiger partial charge is 0.220 e. The second-order valence-corrected chi connectivity index (χ2v) is 6.21. The number of benzene rings is 1. The maximum absolute atomic E-state index is 11.9. The lowest BCUT2D eigenvalue weighted by Crippen LogP contribution is -2.25. The number of hydrogen-bond acceptors (Lipinski definition) is 2. The Hall–Kier alpha value is -2.03. The van der Waals surface area contributed by atoms with Gasteiger partial charge in [0.05, 0.1) is 0 Å². The van der Waals surface area contributed by atoms with Gasteiger partial charge in [0.1, 0.15) is 11.5 Å². The summed E-state index contributed by atoms with van der Waals surface area (Å²) < 4.78 is 5.82. The predicted octanol–water partition coefficient (Wildman–Crippen LogP) is 3.69. The highest BCUT2D eigenvalue weighted by atomic mass is 16.3. The van der Waals surface area contributed by atoms with Gasteiger partial charge in [0.2, 0.25) is 5.91 Å². The minimum absolute atomic E-state index is 0.0914. The van der Waals surface area contributed by atoms with E-state index in [2.05, 4.69) is 30.4 Å². The summed E-state index contributed by atoms with van der Waals surface area (Å²) in [5, 5.41) is 2.97. The van der Waals surface area contributed by atoms with Crippen LogP contribution in [-0.2, 0) is 17.6 Å². The van der Waals surface area contributed by atoms with Crippen LogP contribution < -0.4 is 5.32 Å². The van der Waals surface area contributed by atoms with E-state index in [1.54, 1.807) is 0 Å². The molecule has 116 valence electrons. The Morgan fingerprint density at radius 1 is 1.18 bits per heavy atom. The van der Waals surface area contributed by atoms with E-state index in [1.807, 2.05) is 24.3 Å². The van der Waals surface area contributed by atoms with Crippen molar-refractivity contribution in [1.29, 1.82) is 0 Å². The maximum atomic E-state index is 11.9. The Morgan fingerprint density at radius 3 is 2.68 bits per heavy atom. The van der Waals surface area contributed by atoms with Gasteiger partial charge in [-0.1, -0.05) is 37.3 Å². The summed E-state index contributed by atoms with van der Waals surface area (Å²) >= 11 is 0. The molecule has 1 N–H and O–H groups in total. The van der Waals surface area contributed by atoms with Crippen LogP contribution in [0.25, 0.3) is 0 Å². The number of carbonyl (C=O) groups is 1. The molecule has 0 radical (unpaired) electrons. The third kappa shape index (κ3) is 4.00. The molecule has 0 aliphatic heterocycles. The van der Waals surface area contributed by atoms with Gasteiger partial charge in [0.15, 0.2) is 0 Å². The molecule has 22 heavy (non-hydrogen) atoms. The Morgan fingerprint density at radius 2 is 1.95 bits per heavy atom. The summed E-state index contributed by atoms with van der Waals surface area (Å²) in [4.78, 5) is 11.9. The van der Waals surface area contributed by atoms with E-state index < -0.39 is 0 Å². The van der Waals surface area contributed by atoms with E-state index in [-0.39, 0.29) is 5.91 Å². The van der Waals surface area contributed by atoms with Crippen LogP contribution in [0.1, 0.15) is 42.8 Å². The van der Waals surface area contributed by atoms with E-state index in [9.17, 15) is 4.79 Å². The van der Waals surface area contributed by atoms with Crippen LogP contribution in [-0.4, -0.2) is 12.5 Å². The minimum atomic E-state index is 0.0914. The minimum Gasteiger partial charge on any atom is -0.466 e. The molecule has 1 heterocycles. The van der Waals surface area contributed by atoms with Crippen LogP contribution in [0.4, 0.5) is 0 Å². The molecule has 1 fully saturated rings. The third-order valence-electron chi connectivity index (χ3n) is 4.33. The van der Waals surface area contributed by atoms with E-state index in [0.717, 1.165) is 23.9 Å². The van der Waals surface area contributed by atoms with Gasteiger partial charge in [-0.15, -0.1) is 0 Å². The van der Waals surface area contributed by atoms with Crippen molar-refractivity contribution in [1.82, 2.24) is 5.32 Å². The normalized spacial score (nSPS) is 19.9. The molecular weight excluding hydrogens is 274 g/mol. The molecule has 1 saturated carbocycles. The first-order chi connectivity index (χ1) is 10.7. The molecule has 1 amide bonds. The van der Waals surface area contributed by atoms with E-state index >= 15 is 0 Å². The molecule has 0 saturated heterocycles. The second-order valence-electron chi connectivity index (χ2n) is 6.21. The first-order valence-electron chi connectivity index (χ1n) is 8.11. The van der Waals surface area contributed by atoms with Gasteiger partial charge in [0.25, 0.3) is 0 Å². The third-order valence-corrected chi connectivity index (χ3v) is 4.33. The van der Waals surface area contributed by atoms with Crippen molar-refractivity contribution in [2.45, 2.75) is 38.5 Å². The van der Waals surface area contributed by atoms with Crippen molar-refractivity contribution in [3.8, 4) is 0 Å². The highest BCUT2D eigenvalue weighted by Crippen LogP contribution is 2.47. The Balaban J connectivity index is 1.36. The lowest BCUT2D eigenvalue weighted by Gasteiger charge is -2.04. The van der Waals surface area contributed by atoms with Crippen LogP contribution in [0.2, 0.25) is 0 Å². The monoisotopic (exact) mass is 297 g/mol. The first kappa shape index (κ1) is 14.9. The molecule has 2 atom stereocenters. The van der Waals surface area contributed by atoms with E-state index in [0.29, 0.717) is 25.3 Å². The average Bonchev–Trinajstić information content (AvgIpc) is 3.08. The van der Waals surface area contributed by atoms with Crippen LogP contribution in [0.5, 0.6) is 0 Å². The molecule has 0 unspecified atom stereocenters. The van der Waals surface area contributed by atoms with Crippen molar-refractivity contribution in [3.63, 3.8) is 0 Å². The van der Waals surface area contributed by atoms with Crippen LogP contribution in [0, 0.1) is 5.92 Å². The molecule has 1 aliphatic carbocycles. The summed E-state index contributed by atoms with van der Waals surface area (Å²) in [6.07, 6.45) is 3.27. The van der Waals surface area contributed by atoms with Gasteiger partial charge in [-0.3, -0.25) is 4.79 Å². The summed E-state index contributed by atoms with van der Waals surface area (Å²) in [6.45, 7) is 2.93. The molecule has 1 aliphatic rings. The summed E-state index contributed by atoms with van der Waals surface area (Å²) in [6, 6.07) is 14.3. The number of nitrogens with one attached hydrogen (secondary N) is 1. The van der Waals surface area contributed by atoms with Crippen molar-refractivity contribution in [2.24, 2.45) is 5.92 Å². The molecule has 0 spiro atoms. The fourth-order valence-electron chi connectivity index (χ4n) is 2.76. The van der Waals surface area contributed by atoms with Crippen LogP contribution in [0.3, 0.4) is 0 Å². The van der Waals surface area contributed by atoms with E-state index in [4.69, 9.17) is 4.42 Å². The molecule has 3 nitrogen and oxygen atoms in total. The molecular formula is C19H23NO2. The summed E-state index contributed by atoms with van der Waals surface area (Å²) in [7, 11) is 0. The standard InChI is InChI=1S/C19H23NO2/c1-14-13-17(14)18-9-7-16(22-18)8-10-19(21)20-12-11-15-5-3-2-4-6-15/h2-7,9,14,17H,8,10-13H2,1H3,(H,20,21)/t14-,17-/m0/s1. The SMILES string of the molecule is C[C@H]1C[C@@H]1c1ccc(CCC(=O)NCCc2ccccc2)o1. The zero-order chi connectivity index (χ0) is 15.4. The van der Waals surface area contributed by atoms with Crippen LogP contribution >= 0.6 is 0 Å². The Kier molecular flexibility index (Phi) is 4.62. The maximum Gasteiger partial charge on any atom is 0.220 e. The van der Waals surface area contributed by atoms with Crippen molar-refractivity contribution in [2.75, 3.05) is 6.54 Å². The highest BCUT2D eigenvalue weighted by Gasteiger charge is 2.36. The van der Waals surface area contributed by atoms with E-state index in [1.165, 1.54) is 12.0 Å². The zero-order valence-electron chi connectivity index (χ0n) is 13.0. The summed E-state index contributed by atoms with van der Waals surface area (Å²) in [5.41, 5.74) is 1.25. The molecule has 2 aromatic rings. The Bertz CT molecular complexity index is 617. The Labute approximate surface area is 131 Å². The topological polar surface area (TPSA) is 42.2 Å². The summed E-state index contributed by atoms with van der Waals surface area (Å²) in [5.74, 6) is 3.46. The fraction of sp³-hybridized carbons (Fsp3) is 0.421. The first-order valence-corrected chi connectivity index (χ1v) is 8.11. The van der Waals surface area contributed by atoms with Gasteiger partial charge in [0, 0.05) is 25.3 Å². The molecule has 3 heteroatoms. The largest absolute Gasteiger partial charge is 0.466 e. The molecule has 1 aromatic carbocycles. The molecule has 3 rings (SSSR count). The lowest BCUT2D eigenvalue weighted by molar-refractivity contribution is -0.121. The van der Waals surface area contributed by atoms with Crippen molar-refractivity contribution in [3.05, 3.63) is 59.5 Å². The van der Waals surface area contributed by atoms with Gasteiger partial charge in [-0.25, -0.2) is 0 Å². The number of aryl methyl sites for hydroxylation is 1. The zero-order valence-corrected chi connectivity index (χ0v) is 13.0. The van der Waals surface area contributed by atoms with Gasteiger partial charge in [-0.2, -0.15) is 0 Å². The fourth-order valence-corrected chi connectivity index (χ4v) is 2.76. The highest BCUT2D eigenvalue weighted by molar-refractivity contribution is 5.76. The van der Waals surface area contributed by atoms with Crippen molar-refractivity contribution < 1.29 is 9.21 Å². The second kappa shape index (κ2) is 6.82.